The highest BCUT2D eigenvalue weighted by Gasteiger charge is 2.21. The lowest BCUT2D eigenvalue weighted by Crippen LogP contribution is -2.24. The van der Waals surface area contributed by atoms with Crippen LogP contribution in [0.1, 0.15) is 56.3 Å². The number of hydrazone groups is 1. The van der Waals surface area contributed by atoms with E-state index in [-0.39, 0.29) is 23.7 Å². The molecule has 2 N–H and O–H groups in total. The second kappa shape index (κ2) is 8.46. The smallest absolute Gasteiger partial charge is 0.271 e. The van der Waals surface area contributed by atoms with E-state index in [1.165, 1.54) is 6.42 Å². The molecule has 1 aliphatic rings. The first-order valence-corrected chi connectivity index (χ1v) is 8.30. The number of rotatable bonds is 5. The molecule has 5 heteroatoms. The summed E-state index contributed by atoms with van der Waals surface area (Å²) < 4.78 is 0. The van der Waals surface area contributed by atoms with Crippen LogP contribution >= 0.6 is 0 Å². The second-order valence-electron chi connectivity index (χ2n) is 6.36. The number of carbonyl (C=O) groups is 2. The molecule has 0 bridgehead atoms. The fourth-order valence-corrected chi connectivity index (χ4v) is 2.62. The minimum Gasteiger partial charge on any atom is -0.326 e. The number of nitrogens with zero attached hydrogens (tertiary/aromatic N) is 1. The van der Waals surface area contributed by atoms with Crippen molar-refractivity contribution in [2.45, 2.75) is 46.0 Å². The van der Waals surface area contributed by atoms with Crippen molar-refractivity contribution < 1.29 is 9.59 Å². The van der Waals surface area contributed by atoms with Gasteiger partial charge in [-0.05, 0) is 43.0 Å². The molecular weight excluding hydrogens is 290 g/mol. The van der Waals surface area contributed by atoms with E-state index in [1.807, 2.05) is 13.8 Å². The van der Waals surface area contributed by atoms with E-state index in [0.29, 0.717) is 5.56 Å². The fourth-order valence-electron chi connectivity index (χ4n) is 2.62. The summed E-state index contributed by atoms with van der Waals surface area (Å²) in [5, 5.41) is 6.82. The number of amides is 2. The molecule has 0 heterocycles. The zero-order chi connectivity index (χ0) is 16.7. The molecule has 0 saturated heterocycles. The molecule has 5 nitrogen and oxygen atoms in total. The summed E-state index contributed by atoms with van der Waals surface area (Å²) in [5.74, 6) is 0.236. The minimum absolute atomic E-state index is 0.0865. The lowest BCUT2D eigenvalue weighted by molar-refractivity contribution is -0.120. The molecule has 1 saturated carbocycles. The first-order valence-electron chi connectivity index (χ1n) is 8.30. The highest BCUT2D eigenvalue weighted by molar-refractivity contribution is 5.96. The first-order chi connectivity index (χ1) is 11.1. The monoisotopic (exact) mass is 315 g/mol. The van der Waals surface area contributed by atoms with Crippen LogP contribution in [0.4, 0.5) is 5.69 Å². The summed E-state index contributed by atoms with van der Waals surface area (Å²) in [5.41, 5.74) is 3.73. The molecule has 0 spiro atoms. The average molecular weight is 315 g/mol. The van der Waals surface area contributed by atoms with E-state index in [9.17, 15) is 9.59 Å². The molecule has 0 aromatic heterocycles. The Morgan fingerprint density at radius 3 is 2.39 bits per heavy atom. The van der Waals surface area contributed by atoms with Crippen molar-refractivity contribution in [1.29, 1.82) is 0 Å². The van der Waals surface area contributed by atoms with Crippen LogP contribution in [-0.2, 0) is 4.79 Å². The van der Waals surface area contributed by atoms with Crippen LogP contribution in [0, 0.1) is 11.8 Å². The molecule has 2 rings (SSSR count). The summed E-state index contributed by atoms with van der Waals surface area (Å²) in [6.07, 6.45) is 7.12. The standard InChI is InChI=1S/C18H25N3O2/c1-13(2)12-19-21-18(23)15-8-10-16(11-9-15)20-17(22)14-6-4-3-5-7-14/h8-14H,3-7H2,1-2H3,(H,20,22)(H,21,23). The van der Waals surface area contributed by atoms with Crippen molar-refractivity contribution in [3.63, 3.8) is 0 Å². The third kappa shape index (κ3) is 5.51. The number of benzene rings is 1. The third-order valence-corrected chi connectivity index (χ3v) is 3.93. The van der Waals surface area contributed by atoms with Gasteiger partial charge in [0, 0.05) is 23.4 Å². The number of nitrogens with one attached hydrogen (secondary N) is 2. The zero-order valence-corrected chi connectivity index (χ0v) is 13.8. The summed E-state index contributed by atoms with van der Waals surface area (Å²) in [4.78, 5) is 24.1. The van der Waals surface area contributed by atoms with Gasteiger partial charge in [-0.25, -0.2) is 5.43 Å². The molecule has 0 radical (unpaired) electrons. The van der Waals surface area contributed by atoms with Crippen LogP contribution in [0.2, 0.25) is 0 Å². The van der Waals surface area contributed by atoms with E-state index in [0.717, 1.165) is 31.4 Å². The Morgan fingerprint density at radius 1 is 1.13 bits per heavy atom. The maximum atomic E-state index is 12.2. The van der Waals surface area contributed by atoms with Crippen LogP contribution < -0.4 is 10.7 Å². The number of carbonyl (C=O) groups excluding carboxylic acids is 2. The number of hydrogen-bond donors (Lipinski definition) is 2. The van der Waals surface area contributed by atoms with Gasteiger partial charge in [0.15, 0.2) is 0 Å². The highest BCUT2D eigenvalue weighted by atomic mass is 16.2. The van der Waals surface area contributed by atoms with Crippen LogP contribution in [0.15, 0.2) is 29.4 Å². The molecular formula is C18H25N3O2. The second-order valence-corrected chi connectivity index (χ2v) is 6.36. The van der Waals surface area contributed by atoms with Gasteiger partial charge in [-0.3, -0.25) is 9.59 Å². The Bertz CT molecular complexity index is 558. The Kier molecular flexibility index (Phi) is 6.32. The maximum absolute atomic E-state index is 12.2. The maximum Gasteiger partial charge on any atom is 0.271 e. The van der Waals surface area contributed by atoms with Gasteiger partial charge in [-0.1, -0.05) is 33.1 Å². The van der Waals surface area contributed by atoms with Gasteiger partial charge in [-0.2, -0.15) is 5.10 Å². The molecule has 124 valence electrons. The fraction of sp³-hybridized carbons (Fsp3) is 0.500. The predicted octanol–water partition coefficient (Wildman–Crippen LogP) is 3.58. The van der Waals surface area contributed by atoms with Crippen molar-refractivity contribution in [2.75, 3.05) is 5.32 Å². The summed E-state index contributed by atoms with van der Waals surface area (Å²) in [7, 11) is 0. The lowest BCUT2D eigenvalue weighted by atomic mass is 9.88. The average Bonchev–Trinajstić information content (AvgIpc) is 2.56. The van der Waals surface area contributed by atoms with E-state index in [1.54, 1.807) is 30.5 Å². The highest BCUT2D eigenvalue weighted by Crippen LogP contribution is 2.25. The molecule has 23 heavy (non-hydrogen) atoms. The molecule has 2 amide bonds. The van der Waals surface area contributed by atoms with Gasteiger partial charge in [0.1, 0.15) is 0 Å². The third-order valence-electron chi connectivity index (χ3n) is 3.93. The van der Waals surface area contributed by atoms with Crippen LogP contribution in [0.3, 0.4) is 0 Å². The van der Waals surface area contributed by atoms with E-state index in [4.69, 9.17) is 0 Å². The van der Waals surface area contributed by atoms with Gasteiger partial charge < -0.3 is 5.32 Å². The van der Waals surface area contributed by atoms with E-state index < -0.39 is 0 Å². The molecule has 1 aromatic rings. The molecule has 1 fully saturated rings. The Balaban J connectivity index is 1.88. The van der Waals surface area contributed by atoms with Crippen LogP contribution in [0.25, 0.3) is 0 Å². The summed E-state index contributed by atoms with van der Waals surface area (Å²) >= 11 is 0. The van der Waals surface area contributed by atoms with Gasteiger partial charge in [-0.15, -0.1) is 0 Å². The Hall–Kier alpha value is -2.17. The van der Waals surface area contributed by atoms with Gasteiger partial charge >= 0.3 is 0 Å². The summed E-state index contributed by atoms with van der Waals surface area (Å²) in [6.45, 7) is 3.97. The number of hydrogen-bond acceptors (Lipinski definition) is 3. The quantitative estimate of drug-likeness (QED) is 0.644. The van der Waals surface area contributed by atoms with Crippen molar-refractivity contribution in [1.82, 2.24) is 5.43 Å². The predicted molar refractivity (Wildman–Crippen MR) is 92.4 cm³/mol. The molecule has 0 aliphatic heterocycles. The van der Waals surface area contributed by atoms with Crippen molar-refractivity contribution in [3.8, 4) is 0 Å². The molecule has 0 unspecified atom stereocenters. The van der Waals surface area contributed by atoms with Crippen molar-refractivity contribution >= 4 is 23.7 Å². The molecule has 1 aliphatic carbocycles. The van der Waals surface area contributed by atoms with Gasteiger partial charge in [0.2, 0.25) is 5.91 Å². The van der Waals surface area contributed by atoms with Crippen LogP contribution in [0.5, 0.6) is 0 Å². The normalized spacial score (nSPS) is 15.8. The van der Waals surface area contributed by atoms with Crippen molar-refractivity contribution in [2.24, 2.45) is 16.9 Å². The molecule has 0 atom stereocenters. The minimum atomic E-state index is -0.257. The van der Waals surface area contributed by atoms with Gasteiger partial charge in [0.25, 0.3) is 5.91 Å². The topological polar surface area (TPSA) is 70.6 Å². The number of anilines is 1. The Labute approximate surface area is 137 Å². The summed E-state index contributed by atoms with van der Waals surface area (Å²) in [6, 6.07) is 6.89. The van der Waals surface area contributed by atoms with Crippen molar-refractivity contribution in [3.05, 3.63) is 29.8 Å². The largest absolute Gasteiger partial charge is 0.326 e. The van der Waals surface area contributed by atoms with Crippen LogP contribution in [-0.4, -0.2) is 18.0 Å². The van der Waals surface area contributed by atoms with E-state index in [2.05, 4.69) is 15.8 Å². The molecule has 1 aromatic carbocycles. The Morgan fingerprint density at radius 2 is 1.78 bits per heavy atom. The first kappa shape index (κ1) is 17.2. The SMILES string of the molecule is CC(C)C=NNC(=O)c1ccc(NC(=O)C2CCCCC2)cc1. The zero-order valence-electron chi connectivity index (χ0n) is 13.8. The van der Waals surface area contributed by atoms with E-state index >= 15 is 0 Å². The van der Waals surface area contributed by atoms with Gasteiger partial charge in [0.05, 0.1) is 0 Å². The lowest BCUT2D eigenvalue weighted by Gasteiger charge is -2.20.